The first-order chi connectivity index (χ1) is 9.69. The van der Waals surface area contributed by atoms with Crippen molar-refractivity contribution < 1.29 is 33.5 Å². The van der Waals surface area contributed by atoms with Gasteiger partial charge in [-0.1, -0.05) is 0 Å². The van der Waals surface area contributed by atoms with Crippen molar-refractivity contribution in [1.82, 2.24) is 9.55 Å². The first-order valence-electron chi connectivity index (χ1n) is 5.28. The molecular formula is C9H10N3O8P. The molecule has 114 valence electrons. The smallest absolute Gasteiger partial charge is 0.470 e. The van der Waals surface area contributed by atoms with Gasteiger partial charge in [0.15, 0.2) is 5.76 Å². The van der Waals surface area contributed by atoms with E-state index in [0.29, 0.717) is 0 Å². The van der Waals surface area contributed by atoms with Gasteiger partial charge in [-0.25, -0.2) is 13.9 Å². The van der Waals surface area contributed by atoms with E-state index >= 15 is 0 Å². The fraction of sp³-hybridized carbons (Fsp3) is 0.111. The Kier molecular flexibility index (Phi) is 3.75. The molecule has 0 saturated heterocycles. The van der Waals surface area contributed by atoms with Gasteiger partial charge in [-0.2, -0.15) is 4.98 Å². The average molecular weight is 319 g/mol. The van der Waals surface area contributed by atoms with Crippen molar-refractivity contribution in [2.24, 2.45) is 0 Å². The standard InChI is InChI=1S/C9H10N3O8P/c10-5-1-2-12(9(15)11-5)8-7(14)6(13)4(20-8)3-19-21(16,17)18/h1-2,13-14H,3H2,(H2,10,11,15)(H2,16,17,18). The highest BCUT2D eigenvalue weighted by molar-refractivity contribution is 7.46. The van der Waals surface area contributed by atoms with Crippen LogP contribution in [0.1, 0.15) is 5.76 Å². The lowest BCUT2D eigenvalue weighted by atomic mass is 10.4. The number of phosphoric acid groups is 1. The van der Waals surface area contributed by atoms with Gasteiger partial charge in [0.1, 0.15) is 12.4 Å². The van der Waals surface area contributed by atoms with Crippen LogP contribution in [0.15, 0.2) is 21.5 Å². The van der Waals surface area contributed by atoms with Gasteiger partial charge in [-0.15, -0.1) is 0 Å². The van der Waals surface area contributed by atoms with Crippen molar-refractivity contribution in [1.29, 1.82) is 0 Å². The van der Waals surface area contributed by atoms with Gasteiger partial charge in [-0.3, -0.25) is 4.52 Å². The summed E-state index contributed by atoms with van der Waals surface area (Å²) >= 11 is 0. The number of rotatable bonds is 4. The van der Waals surface area contributed by atoms with E-state index in [2.05, 4.69) is 9.51 Å². The van der Waals surface area contributed by atoms with Crippen LogP contribution in [0.3, 0.4) is 0 Å². The van der Waals surface area contributed by atoms with Crippen LogP contribution in [0.4, 0.5) is 5.82 Å². The van der Waals surface area contributed by atoms with Gasteiger partial charge in [0.2, 0.25) is 11.5 Å². The van der Waals surface area contributed by atoms with Gasteiger partial charge in [0.25, 0.3) is 5.88 Å². The second kappa shape index (κ2) is 5.22. The van der Waals surface area contributed by atoms with Crippen LogP contribution in [-0.2, 0) is 15.7 Å². The van der Waals surface area contributed by atoms with E-state index in [0.717, 1.165) is 10.8 Å². The highest BCUT2D eigenvalue weighted by atomic mass is 31.2. The number of hydrogen-bond acceptors (Lipinski definition) is 8. The third-order valence-corrected chi connectivity index (χ3v) is 2.78. The Hall–Kier alpha value is -2.33. The molecule has 12 heteroatoms. The topological polar surface area (TPSA) is 181 Å². The molecule has 6 N–H and O–H groups in total. The SMILES string of the molecule is Nc1ccn(-c2oc(COP(=O)(O)O)c(O)c2O)c(=O)n1. The van der Waals surface area contributed by atoms with Crippen LogP contribution in [0, 0.1) is 0 Å². The molecule has 11 nitrogen and oxygen atoms in total. The molecule has 2 aromatic heterocycles. The van der Waals surface area contributed by atoms with E-state index < -0.39 is 43.3 Å². The monoisotopic (exact) mass is 319 g/mol. The number of nitrogen functional groups attached to an aromatic ring is 1. The molecule has 0 unspecified atom stereocenters. The summed E-state index contributed by atoms with van der Waals surface area (Å²) in [6.07, 6.45) is 1.14. The van der Waals surface area contributed by atoms with Crippen molar-refractivity contribution in [3.63, 3.8) is 0 Å². The third kappa shape index (κ3) is 3.23. The zero-order valence-electron chi connectivity index (χ0n) is 10.2. The van der Waals surface area contributed by atoms with Crippen molar-refractivity contribution in [3.8, 4) is 17.4 Å². The number of nitrogens with zero attached hydrogens (tertiary/aromatic N) is 2. The second-order valence-electron chi connectivity index (χ2n) is 3.80. The molecule has 0 aliphatic rings. The summed E-state index contributed by atoms with van der Waals surface area (Å²) in [6, 6.07) is 1.24. The van der Waals surface area contributed by atoms with Crippen LogP contribution in [-0.4, -0.2) is 29.6 Å². The van der Waals surface area contributed by atoms with Crippen LogP contribution in [0.5, 0.6) is 11.5 Å². The molecule has 0 radical (unpaired) electrons. The van der Waals surface area contributed by atoms with E-state index in [1.807, 2.05) is 0 Å². The Morgan fingerprint density at radius 2 is 2.05 bits per heavy atom. The van der Waals surface area contributed by atoms with E-state index in [-0.39, 0.29) is 5.82 Å². The van der Waals surface area contributed by atoms with Gasteiger partial charge in [0, 0.05) is 6.20 Å². The molecule has 0 atom stereocenters. The highest BCUT2D eigenvalue weighted by Crippen LogP contribution is 2.42. The summed E-state index contributed by atoms with van der Waals surface area (Å²) in [7, 11) is -4.80. The van der Waals surface area contributed by atoms with Crippen LogP contribution in [0.2, 0.25) is 0 Å². The molecule has 0 aromatic carbocycles. The fourth-order valence-corrected chi connectivity index (χ4v) is 1.71. The number of aromatic nitrogens is 2. The summed E-state index contributed by atoms with van der Waals surface area (Å²) in [5, 5.41) is 19.3. The second-order valence-corrected chi connectivity index (χ2v) is 5.04. The molecule has 0 spiro atoms. The fourth-order valence-electron chi connectivity index (χ4n) is 1.42. The molecule has 2 heterocycles. The van der Waals surface area contributed by atoms with Gasteiger partial charge >= 0.3 is 13.5 Å². The predicted octanol–water partition coefficient (Wildman–Crippen LogP) is -0.572. The maximum atomic E-state index is 11.6. The van der Waals surface area contributed by atoms with Crippen molar-refractivity contribution in [2.75, 3.05) is 5.73 Å². The first-order valence-corrected chi connectivity index (χ1v) is 6.81. The maximum absolute atomic E-state index is 11.6. The summed E-state index contributed by atoms with van der Waals surface area (Å²) in [5.41, 5.74) is 4.41. The molecule has 0 bridgehead atoms. The Bertz CT molecular complexity index is 776. The summed E-state index contributed by atoms with van der Waals surface area (Å²) in [6.45, 7) is -0.819. The highest BCUT2D eigenvalue weighted by Gasteiger charge is 2.24. The minimum absolute atomic E-state index is 0.0587. The Morgan fingerprint density at radius 3 is 2.62 bits per heavy atom. The molecule has 21 heavy (non-hydrogen) atoms. The van der Waals surface area contributed by atoms with E-state index in [1.165, 1.54) is 6.07 Å². The first kappa shape index (κ1) is 15.1. The van der Waals surface area contributed by atoms with Crippen LogP contribution in [0.25, 0.3) is 5.88 Å². The molecule has 0 amide bonds. The van der Waals surface area contributed by atoms with Crippen molar-refractivity contribution in [3.05, 3.63) is 28.5 Å². The lowest BCUT2D eigenvalue weighted by Gasteiger charge is -2.03. The lowest BCUT2D eigenvalue weighted by Crippen LogP contribution is -2.21. The number of furan rings is 1. The number of phosphoric ester groups is 1. The molecule has 0 aliphatic carbocycles. The molecule has 0 saturated carbocycles. The number of anilines is 1. The molecule has 2 rings (SSSR count). The van der Waals surface area contributed by atoms with Crippen molar-refractivity contribution in [2.45, 2.75) is 6.61 Å². The minimum Gasteiger partial charge on any atom is -0.502 e. The Labute approximate surface area is 116 Å². The van der Waals surface area contributed by atoms with Crippen molar-refractivity contribution >= 4 is 13.6 Å². The average Bonchev–Trinajstić information content (AvgIpc) is 2.64. The third-order valence-electron chi connectivity index (χ3n) is 2.32. The normalized spacial score (nSPS) is 11.7. The van der Waals surface area contributed by atoms with Gasteiger partial charge < -0.3 is 30.2 Å². The molecular weight excluding hydrogens is 309 g/mol. The summed E-state index contributed by atoms with van der Waals surface area (Å²) in [5.74, 6) is -2.66. The number of aromatic hydroxyl groups is 2. The molecule has 0 aliphatic heterocycles. The van der Waals surface area contributed by atoms with Crippen LogP contribution < -0.4 is 11.4 Å². The zero-order valence-corrected chi connectivity index (χ0v) is 11.1. The van der Waals surface area contributed by atoms with Gasteiger partial charge in [-0.05, 0) is 6.07 Å². The van der Waals surface area contributed by atoms with E-state index in [1.54, 1.807) is 0 Å². The number of nitrogens with two attached hydrogens (primary N) is 1. The quantitative estimate of drug-likeness (QED) is 0.457. The van der Waals surface area contributed by atoms with E-state index in [4.69, 9.17) is 19.9 Å². The van der Waals surface area contributed by atoms with Crippen LogP contribution >= 0.6 is 7.82 Å². The number of hydrogen-bond donors (Lipinski definition) is 5. The molecule has 0 fully saturated rings. The van der Waals surface area contributed by atoms with Gasteiger partial charge in [0.05, 0.1) is 0 Å². The largest absolute Gasteiger partial charge is 0.502 e. The lowest BCUT2D eigenvalue weighted by molar-refractivity contribution is 0.173. The Balaban J connectivity index is 2.42. The Morgan fingerprint density at radius 1 is 1.38 bits per heavy atom. The summed E-state index contributed by atoms with van der Waals surface area (Å²) in [4.78, 5) is 32.1. The minimum atomic E-state index is -4.80. The van der Waals surface area contributed by atoms with E-state index in [9.17, 15) is 19.6 Å². The summed E-state index contributed by atoms with van der Waals surface area (Å²) < 4.78 is 20.4. The zero-order chi connectivity index (χ0) is 15.8. The predicted molar refractivity (Wildman–Crippen MR) is 66.7 cm³/mol. The molecule has 2 aromatic rings. The maximum Gasteiger partial charge on any atom is 0.470 e.